The number of H-pyrrole nitrogens is 1. The van der Waals surface area contributed by atoms with Crippen LogP contribution in [0.1, 0.15) is 38.3 Å². The maximum Gasteiger partial charge on any atom is 0.354 e. The lowest BCUT2D eigenvalue weighted by atomic mass is 10.2. The van der Waals surface area contributed by atoms with Gasteiger partial charge in [-0.15, -0.1) is 11.3 Å². The maximum absolute atomic E-state index is 12.4. The molecule has 26 heavy (non-hydrogen) atoms. The Morgan fingerprint density at radius 2 is 2.08 bits per heavy atom. The summed E-state index contributed by atoms with van der Waals surface area (Å²) in [7, 11) is 3.00. The number of amides is 1. The van der Waals surface area contributed by atoms with E-state index in [1.807, 2.05) is 0 Å². The summed E-state index contributed by atoms with van der Waals surface area (Å²) in [5.41, 5.74) is 2.48. The lowest BCUT2D eigenvalue weighted by molar-refractivity contribution is 0.0594. The highest BCUT2D eigenvalue weighted by atomic mass is 32.1. The molecule has 0 aliphatic heterocycles. The van der Waals surface area contributed by atoms with Gasteiger partial charge < -0.3 is 14.3 Å². The molecule has 0 aromatic carbocycles. The van der Waals surface area contributed by atoms with Crippen molar-refractivity contribution in [2.24, 2.45) is 7.05 Å². The van der Waals surface area contributed by atoms with Gasteiger partial charge in [-0.2, -0.15) is 0 Å². The Hall–Kier alpha value is -3.20. The fourth-order valence-corrected chi connectivity index (χ4v) is 3.09. The van der Waals surface area contributed by atoms with Gasteiger partial charge in [0.25, 0.3) is 5.91 Å². The first-order chi connectivity index (χ1) is 12.4. The number of aromatic amines is 1. The molecular formula is C17H16N4O4S. The second-order valence-corrected chi connectivity index (χ2v) is 6.42. The number of carbonyl (C=O) groups excluding carboxylic acids is 3. The summed E-state index contributed by atoms with van der Waals surface area (Å²) >= 11 is 1.26. The number of hydrogen-bond acceptors (Lipinski definition) is 6. The smallest absolute Gasteiger partial charge is 0.354 e. The van der Waals surface area contributed by atoms with Crippen LogP contribution in [0.2, 0.25) is 0 Å². The van der Waals surface area contributed by atoms with Crippen LogP contribution in [0.5, 0.6) is 0 Å². The first-order valence-corrected chi connectivity index (χ1v) is 8.48. The van der Waals surface area contributed by atoms with Crippen molar-refractivity contribution in [1.29, 1.82) is 0 Å². The highest BCUT2D eigenvalue weighted by Crippen LogP contribution is 2.26. The molecule has 134 valence electrons. The second kappa shape index (κ2) is 6.96. The summed E-state index contributed by atoms with van der Waals surface area (Å²) in [6, 6.07) is 3.17. The standard InChI is InChI=1S/C17H16N4O4S/c1-9(22)11-5-14(21(2)7-11)15(23)20-17-19-13(8-26-17)10-4-12(18-6-10)16(24)25-3/h4-8,18H,1-3H3,(H,19,20,23). The lowest BCUT2D eigenvalue weighted by Crippen LogP contribution is -2.15. The van der Waals surface area contributed by atoms with Crippen LogP contribution in [0.15, 0.2) is 29.9 Å². The molecule has 0 spiro atoms. The molecule has 0 radical (unpaired) electrons. The van der Waals surface area contributed by atoms with Gasteiger partial charge >= 0.3 is 5.97 Å². The summed E-state index contributed by atoms with van der Waals surface area (Å²) in [5, 5.41) is 4.90. The SMILES string of the molecule is COC(=O)c1cc(-c2csc(NC(=O)c3cc(C(C)=O)cn3C)n2)c[nH]1. The van der Waals surface area contributed by atoms with Crippen LogP contribution in [0.3, 0.4) is 0 Å². The van der Waals surface area contributed by atoms with Gasteiger partial charge in [0, 0.05) is 35.9 Å². The zero-order valence-corrected chi connectivity index (χ0v) is 15.1. The van der Waals surface area contributed by atoms with Crippen molar-refractivity contribution in [3.05, 3.63) is 46.9 Å². The number of hydrogen-bond donors (Lipinski definition) is 2. The van der Waals surface area contributed by atoms with Gasteiger partial charge in [-0.1, -0.05) is 0 Å². The van der Waals surface area contributed by atoms with E-state index in [2.05, 4.69) is 20.0 Å². The van der Waals surface area contributed by atoms with Gasteiger partial charge in [-0.25, -0.2) is 9.78 Å². The molecule has 0 saturated heterocycles. The molecule has 9 heteroatoms. The average Bonchev–Trinajstić information content (AvgIpc) is 3.32. The molecule has 0 aliphatic rings. The number of aromatic nitrogens is 3. The minimum absolute atomic E-state index is 0.106. The van der Waals surface area contributed by atoms with Crippen LogP contribution in [0.4, 0.5) is 5.13 Å². The van der Waals surface area contributed by atoms with Crippen LogP contribution < -0.4 is 5.32 Å². The van der Waals surface area contributed by atoms with Crippen LogP contribution >= 0.6 is 11.3 Å². The quantitative estimate of drug-likeness (QED) is 0.529. The Bertz CT molecular complexity index is 998. The zero-order chi connectivity index (χ0) is 18.8. The number of esters is 1. The number of Topliss-reactive ketones (excluding diaryl/α,β-unsaturated/α-hetero) is 1. The first-order valence-electron chi connectivity index (χ1n) is 7.60. The Kier molecular flexibility index (Phi) is 4.72. The number of ketones is 1. The molecule has 3 rings (SSSR count). The van der Waals surface area contributed by atoms with Crippen molar-refractivity contribution < 1.29 is 19.1 Å². The van der Waals surface area contributed by atoms with Crippen LogP contribution in [-0.4, -0.2) is 39.3 Å². The number of nitrogens with zero attached hydrogens (tertiary/aromatic N) is 2. The molecule has 0 aliphatic carbocycles. The van der Waals surface area contributed by atoms with Gasteiger partial charge in [0.2, 0.25) is 0 Å². The van der Waals surface area contributed by atoms with E-state index >= 15 is 0 Å². The predicted octanol–water partition coefficient (Wildman–Crippen LogP) is 2.72. The number of ether oxygens (including phenoxy) is 1. The number of methoxy groups -OCH3 is 1. The largest absolute Gasteiger partial charge is 0.464 e. The summed E-state index contributed by atoms with van der Waals surface area (Å²) in [6.45, 7) is 1.45. The maximum atomic E-state index is 12.4. The zero-order valence-electron chi connectivity index (χ0n) is 14.3. The normalized spacial score (nSPS) is 10.6. The van der Waals surface area contributed by atoms with Crippen molar-refractivity contribution in [2.45, 2.75) is 6.92 Å². The molecule has 2 N–H and O–H groups in total. The van der Waals surface area contributed by atoms with Gasteiger partial charge in [0.05, 0.1) is 12.8 Å². The summed E-state index contributed by atoms with van der Waals surface area (Å²) in [4.78, 5) is 42.5. The van der Waals surface area contributed by atoms with E-state index < -0.39 is 5.97 Å². The number of carbonyl (C=O) groups is 3. The van der Waals surface area contributed by atoms with Crippen molar-refractivity contribution in [3.8, 4) is 11.3 Å². The Labute approximate surface area is 152 Å². The minimum Gasteiger partial charge on any atom is -0.464 e. The Morgan fingerprint density at radius 3 is 2.73 bits per heavy atom. The highest BCUT2D eigenvalue weighted by Gasteiger charge is 2.16. The molecule has 8 nitrogen and oxygen atoms in total. The van der Waals surface area contributed by atoms with E-state index in [9.17, 15) is 14.4 Å². The molecule has 1 amide bonds. The van der Waals surface area contributed by atoms with E-state index in [0.29, 0.717) is 33.3 Å². The summed E-state index contributed by atoms with van der Waals surface area (Å²) in [6.07, 6.45) is 3.25. The van der Waals surface area contributed by atoms with Crippen LogP contribution in [-0.2, 0) is 11.8 Å². The molecule has 3 aromatic rings. The van der Waals surface area contributed by atoms with Crippen molar-refractivity contribution in [3.63, 3.8) is 0 Å². The van der Waals surface area contributed by atoms with Crippen LogP contribution in [0.25, 0.3) is 11.3 Å². The third-order valence-corrected chi connectivity index (χ3v) is 4.51. The summed E-state index contributed by atoms with van der Waals surface area (Å²) < 4.78 is 6.24. The molecule has 0 fully saturated rings. The fourth-order valence-electron chi connectivity index (χ4n) is 2.38. The number of thiazole rings is 1. The Balaban J connectivity index is 1.76. The fraction of sp³-hybridized carbons (Fsp3) is 0.176. The molecule has 3 heterocycles. The second-order valence-electron chi connectivity index (χ2n) is 5.57. The highest BCUT2D eigenvalue weighted by molar-refractivity contribution is 7.14. The van der Waals surface area contributed by atoms with Crippen molar-refractivity contribution >= 4 is 34.1 Å². The van der Waals surface area contributed by atoms with Crippen molar-refractivity contribution in [1.82, 2.24) is 14.5 Å². The monoisotopic (exact) mass is 372 g/mol. The van der Waals surface area contributed by atoms with Gasteiger partial charge in [-0.05, 0) is 19.1 Å². The molecule has 0 unspecified atom stereocenters. The van der Waals surface area contributed by atoms with Gasteiger partial charge in [0.15, 0.2) is 10.9 Å². The first kappa shape index (κ1) is 17.6. The Morgan fingerprint density at radius 1 is 1.31 bits per heavy atom. The minimum atomic E-state index is -0.468. The number of anilines is 1. The van der Waals surface area contributed by atoms with E-state index in [1.54, 1.807) is 41.5 Å². The van der Waals surface area contributed by atoms with E-state index in [4.69, 9.17) is 0 Å². The molecule has 0 saturated carbocycles. The molecule has 3 aromatic heterocycles. The topological polar surface area (TPSA) is 106 Å². The third kappa shape index (κ3) is 3.42. The lowest BCUT2D eigenvalue weighted by Gasteiger charge is -2.02. The summed E-state index contributed by atoms with van der Waals surface area (Å²) in [5.74, 6) is -0.930. The van der Waals surface area contributed by atoms with Gasteiger partial charge in [-0.3, -0.25) is 14.9 Å². The number of nitrogens with one attached hydrogen (secondary N) is 2. The number of rotatable bonds is 5. The van der Waals surface area contributed by atoms with E-state index in [0.717, 1.165) is 0 Å². The van der Waals surface area contributed by atoms with E-state index in [1.165, 1.54) is 25.4 Å². The van der Waals surface area contributed by atoms with Crippen LogP contribution in [0, 0.1) is 0 Å². The molecular weight excluding hydrogens is 356 g/mol. The molecule has 0 atom stereocenters. The molecule has 0 bridgehead atoms. The average molecular weight is 372 g/mol. The van der Waals surface area contributed by atoms with Crippen molar-refractivity contribution in [2.75, 3.05) is 12.4 Å². The predicted molar refractivity (Wildman–Crippen MR) is 96.6 cm³/mol. The third-order valence-electron chi connectivity index (χ3n) is 3.75. The van der Waals surface area contributed by atoms with Gasteiger partial charge in [0.1, 0.15) is 11.4 Å². The van der Waals surface area contributed by atoms with E-state index in [-0.39, 0.29) is 11.7 Å². The number of aryl methyl sites for hydroxylation is 1.